The molecule has 1 saturated carbocycles. The van der Waals surface area contributed by atoms with Gasteiger partial charge in [0.15, 0.2) is 0 Å². The molecule has 2 N–H and O–H groups in total. The number of carbonyl (C=O) groups is 2. The van der Waals surface area contributed by atoms with Gasteiger partial charge >= 0.3 is 12.0 Å². The first-order valence-corrected chi connectivity index (χ1v) is 12.7. The molecule has 188 valence electrons. The van der Waals surface area contributed by atoms with E-state index in [0.717, 1.165) is 36.8 Å². The van der Waals surface area contributed by atoms with Crippen molar-refractivity contribution in [1.29, 1.82) is 5.26 Å². The number of urea groups is 1. The summed E-state index contributed by atoms with van der Waals surface area (Å²) in [6.45, 7) is 0.795. The van der Waals surface area contributed by atoms with E-state index in [9.17, 15) is 14.9 Å². The van der Waals surface area contributed by atoms with E-state index in [1.807, 2.05) is 18.2 Å². The standard InChI is InChI=1S/C30H29N3O4/c31-19-25-3-1-2-4-26(25)32-30(36)33-15-16-37-28-18-24(13-14-27(28)33)23-11-9-22(10-12-23)21-7-5-20(6-8-21)17-29(34)35/h1-4,9-14,18,20-21H,5-8,15-17H2,(H,32,36)(H,34,35). The summed E-state index contributed by atoms with van der Waals surface area (Å²) in [7, 11) is 0. The van der Waals surface area contributed by atoms with Gasteiger partial charge in [0.2, 0.25) is 0 Å². The lowest BCUT2D eigenvalue weighted by atomic mass is 9.77. The molecule has 2 aliphatic rings. The predicted octanol–water partition coefficient (Wildman–Crippen LogP) is 6.40. The number of carboxylic acid groups (broad SMARTS) is 1. The third-order valence-corrected chi connectivity index (χ3v) is 7.38. The Morgan fingerprint density at radius 1 is 1.00 bits per heavy atom. The molecule has 7 heteroatoms. The van der Waals surface area contributed by atoms with E-state index in [4.69, 9.17) is 9.84 Å². The van der Waals surface area contributed by atoms with Gasteiger partial charge in [-0.25, -0.2) is 4.79 Å². The smallest absolute Gasteiger partial charge is 0.326 e. The zero-order valence-corrected chi connectivity index (χ0v) is 20.5. The number of hydrogen-bond donors (Lipinski definition) is 2. The monoisotopic (exact) mass is 495 g/mol. The highest BCUT2D eigenvalue weighted by atomic mass is 16.5. The minimum Gasteiger partial charge on any atom is -0.490 e. The Morgan fingerprint density at radius 2 is 1.73 bits per heavy atom. The van der Waals surface area contributed by atoms with Crippen LogP contribution in [0.4, 0.5) is 16.2 Å². The fourth-order valence-electron chi connectivity index (χ4n) is 5.38. The molecule has 1 aliphatic carbocycles. The normalized spacial score (nSPS) is 18.7. The predicted molar refractivity (Wildman–Crippen MR) is 142 cm³/mol. The van der Waals surface area contributed by atoms with Crippen LogP contribution in [-0.4, -0.2) is 30.3 Å². The first-order valence-electron chi connectivity index (χ1n) is 12.7. The highest BCUT2D eigenvalue weighted by molar-refractivity contribution is 6.03. The van der Waals surface area contributed by atoms with Crippen molar-refractivity contribution in [3.8, 4) is 22.9 Å². The van der Waals surface area contributed by atoms with Crippen molar-refractivity contribution in [2.24, 2.45) is 5.92 Å². The third-order valence-electron chi connectivity index (χ3n) is 7.38. The van der Waals surface area contributed by atoms with Crippen molar-refractivity contribution < 1.29 is 19.4 Å². The summed E-state index contributed by atoms with van der Waals surface area (Å²) < 4.78 is 5.90. The summed E-state index contributed by atoms with van der Waals surface area (Å²) in [6.07, 6.45) is 4.26. The Bertz CT molecular complexity index is 1340. The van der Waals surface area contributed by atoms with Crippen LogP contribution in [0.1, 0.15) is 49.1 Å². The van der Waals surface area contributed by atoms with E-state index in [2.05, 4.69) is 35.7 Å². The van der Waals surface area contributed by atoms with Gasteiger partial charge in [0.1, 0.15) is 18.4 Å². The van der Waals surface area contributed by atoms with E-state index in [0.29, 0.717) is 47.7 Å². The minimum absolute atomic E-state index is 0.276. The number of para-hydroxylation sites is 1. The second-order valence-electron chi connectivity index (χ2n) is 9.71. The molecule has 5 rings (SSSR count). The lowest BCUT2D eigenvalue weighted by Crippen LogP contribution is -2.40. The van der Waals surface area contributed by atoms with E-state index >= 15 is 0 Å². The average Bonchev–Trinajstić information content (AvgIpc) is 2.93. The molecule has 0 aromatic heterocycles. The number of ether oxygens (including phenoxy) is 1. The Hall–Kier alpha value is -4.31. The molecule has 1 heterocycles. The first-order chi connectivity index (χ1) is 18.0. The van der Waals surface area contributed by atoms with Crippen LogP contribution in [-0.2, 0) is 4.79 Å². The number of nitrogens with one attached hydrogen (secondary N) is 1. The second-order valence-corrected chi connectivity index (χ2v) is 9.71. The van der Waals surface area contributed by atoms with E-state index in [1.54, 1.807) is 29.2 Å². The molecule has 0 radical (unpaired) electrons. The van der Waals surface area contributed by atoms with Gasteiger partial charge in [-0.2, -0.15) is 5.26 Å². The molecule has 1 fully saturated rings. The van der Waals surface area contributed by atoms with Crippen molar-refractivity contribution in [3.05, 3.63) is 77.9 Å². The number of rotatable bonds is 5. The lowest BCUT2D eigenvalue weighted by molar-refractivity contribution is -0.138. The van der Waals surface area contributed by atoms with Gasteiger partial charge in [0.05, 0.1) is 23.5 Å². The van der Waals surface area contributed by atoms with Gasteiger partial charge in [0, 0.05) is 6.42 Å². The van der Waals surface area contributed by atoms with Crippen molar-refractivity contribution in [2.45, 2.75) is 38.0 Å². The van der Waals surface area contributed by atoms with Crippen LogP contribution < -0.4 is 15.0 Å². The maximum Gasteiger partial charge on any atom is 0.326 e. The number of amides is 2. The van der Waals surface area contributed by atoms with Crippen LogP contribution in [0.2, 0.25) is 0 Å². The zero-order valence-electron chi connectivity index (χ0n) is 20.5. The SMILES string of the molecule is N#Cc1ccccc1NC(=O)N1CCOc2cc(-c3ccc(C4CCC(CC(=O)O)CC4)cc3)ccc21. The van der Waals surface area contributed by atoms with Crippen LogP contribution >= 0.6 is 0 Å². The Labute approximate surface area is 216 Å². The van der Waals surface area contributed by atoms with Crippen LogP contribution in [0.5, 0.6) is 5.75 Å². The number of anilines is 2. The lowest BCUT2D eigenvalue weighted by Gasteiger charge is -2.30. The first kappa shape index (κ1) is 24.4. The van der Waals surface area contributed by atoms with Gasteiger partial charge in [-0.15, -0.1) is 0 Å². The summed E-state index contributed by atoms with van der Waals surface area (Å²) in [5.41, 5.74) is 4.96. The fourth-order valence-corrected chi connectivity index (χ4v) is 5.38. The average molecular weight is 496 g/mol. The molecular formula is C30H29N3O4. The molecule has 0 bridgehead atoms. The molecule has 0 saturated heterocycles. The maximum atomic E-state index is 13.0. The van der Waals surface area contributed by atoms with Gasteiger partial charge in [0.25, 0.3) is 0 Å². The summed E-state index contributed by atoms with van der Waals surface area (Å²) >= 11 is 0. The number of fused-ring (bicyclic) bond motifs is 1. The number of carbonyl (C=O) groups excluding carboxylic acids is 1. The number of aliphatic carboxylic acids is 1. The highest BCUT2D eigenvalue weighted by Crippen LogP contribution is 2.39. The van der Waals surface area contributed by atoms with Crippen LogP contribution in [0.15, 0.2) is 66.7 Å². The quantitative estimate of drug-likeness (QED) is 0.426. The summed E-state index contributed by atoms with van der Waals surface area (Å²) in [4.78, 5) is 25.7. The molecule has 3 aromatic rings. The molecule has 37 heavy (non-hydrogen) atoms. The van der Waals surface area contributed by atoms with E-state index in [1.165, 1.54) is 5.56 Å². The summed E-state index contributed by atoms with van der Waals surface area (Å²) in [5, 5.41) is 21.2. The van der Waals surface area contributed by atoms with Gasteiger partial charge in [-0.1, -0.05) is 42.5 Å². The molecule has 7 nitrogen and oxygen atoms in total. The van der Waals surface area contributed by atoms with E-state index in [-0.39, 0.29) is 12.5 Å². The van der Waals surface area contributed by atoms with Crippen molar-refractivity contribution in [1.82, 2.24) is 0 Å². The summed E-state index contributed by atoms with van der Waals surface area (Å²) in [5.74, 6) is 0.721. The fraction of sp³-hybridized carbons (Fsp3) is 0.300. The molecule has 1 aliphatic heterocycles. The number of nitrogens with zero attached hydrogens (tertiary/aromatic N) is 2. The number of carboxylic acids is 1. The van der Waals surface area contributed by atoms with Gasteiger partial charge in [-0.3, -0.25) is 9.69 Å². The largest absolute Gasteiger partial charge is 0.490 e. The van der Waals surface area contributed by atoms with Crippen LogP contribution in [0.25, 0.3) is 11.1 Å². The van der Waals surface area contributed by atoms with E-state index < -0.39 is 5.97 Å². The van der Waals surface area contributed by atoms with Crippen LogP contribution in [0.3, 0.4) is 0 Å². The van der Waals surface area contributed by atoms with Gasteiger partial charge < -0.3 is 15.2 Å². The molecule has 0 atom stereocenters. The summed E-state index contributed by atoms with van der Waals surface area (Å²) in [6, 6.07) is 23.2. The highest BCUT2D eigenvalue weighted by Gasteiger charge is 2.26. The minimum atomic E-state index is -0.699. The third kappa shape index (κ3) is 5.44. The number of benzene rings is 3. The Balaban J connectivity index is 1.28. The molecule has 3 aromatic carbocycles. The van der Waals surface area contributed by atoms with Crippen molar-refractivity contribution in [3.63, 3.8) is 0 Å². The molecule has 0 spiro atoms. The van der Waals surface area contributed by atoms with Crippen molar-refractivity contribution >= 4 is 23.4 Å². The topological polar surface area (TPSA) is 103 Å². The Kier molecular flexibility index (Phi) is 7.09. The second kappa shape index (κ2) is 10.8. The van der Waals surface area contributed by atoms with Crippen molar-refractivity contribution in [2.75, 3.05) is 23.4 Å². The van der Waals surface area contributed by atoms with Gasteiger partial charge in [-0.05, 0) is 78.5 Å². The Morgan fingerprint density at radius 3 is 2.46 bits per heavy atom. The zero-order chi connectivity index (χ0) is 25.8. The maximum absolute atomic E-state index is 13.0. The van der Waals surface area contributed by atoms with Crippen LogP contribution in [0, 0.1) is 17.2 Å². The number of nitriles is 1. The molecule has 0 unspecified atom stereocenters. The molecular weight excluding hydrogens is 466 g/mol. The number of hydrogen-bond acceptors (Lipinski definition) is 4. The molecule has 2 amide bonds.